The third-order valence-electron chi connectivity index (χ3n) is 5.49. The molecule has 4 N–H and O–H groups in total. The molecular formula is C25H31ClN6O3. The fourth-order valence-corrected chi connectivity index (χ4v) is 4.34. The van der Waals surface area contributed by atoms with Gasteiger partial charge in [0.05, 0.1) is 29.2 Å². The first-order valence-corrected chi connectivity index (χ1v) is 11.6. The van der Waals surface area contributed by atoms with Crippen LogP contribution < -0.4 is 16.0 Å². The van der Waals surface area contributed by atoms with Crippen molar-refractivity contribution in [2.24, 2.45) is 0 Å². The zero-order valence-electron chi connectivity index (χ0n) is 20.8. The summed E-state index contributed by atoms with van der Waals surface area (Å²) in [6.45, 7) is 5.84. The number of aliphatic carboxylic acids is 1. The summed E-state index contributed by atoms with van der Waals surface area (Å²) in [5, 5.41) is 30.3. The number of carbonyl (C=O) groups is 1. The van der Waals surface area contributed by atoms with Crippen LogP contribution in [0.3, 0.4) is 0 Å². The highest BCUT2D eigenvalue weighted by Crippen LogP contribution is 2.47. The number of halogens is 1. The molecule has 10 heteroatoms. The number of nitrogens with zero attached hydrogens (tertiary/aromatic N) is 3. The lowest BCUT2D eigenvalue weighted by molar-refractivity contribution is -0.160. The van der Waals surface area contributed by atoms with E-state index in [9.17, 15) is 15.2 Å². The first-order chi connectivity index (χ1) is 16.6. The minimum Gasteiger partial charge on any atom is -0.479 e. The Morgan fingerprint density at radius 1 is 1.20 bits per heavy atom. The Bertz CT molecular complexity index is 1270. The summed E-state index contributed by atoms with van der Waals surface area (Å²) >= 11 is 6.18. The second kappa shape index (κ2) is 10.4. The first-order valence-electron chi connectivity index (χ1n) is 11.2. The largest absolute Gasteiger partial charge is 0.479 e. The maximum Gasteiger partial charge on any atom is 0.337 e. The zero-order valence-corrected chi connectivity index (χ0v) is 21.5. The highest BCUT2D eigenvalue weighted by atomic mass is 35.5. The van der Waals surface area contributed by atoms with Gasteiger partial charge in [-0.25, -0.2) is 9.78 Å². The van der Waals surface area contributed by atoms with E-state index in [1.807, 2.05) is 37.5 Å². The Labute approximate surface area is 210 Å². The van der Waals surface area contributed by atoms with Crippen molar-refractivity contribution >= 4 is 45.9 Å². The fraction of sp³-hybridized carbons (Fsp3) is 0.400. The molecule has 186 valence electrons. The molecular weight excluding hydrogens is 468 g/mol. The molecule has 2 aromatic heterocycles. The number of rotatable bonds is 9. The highest BCUT2D eigenvalue weighted by molar-refractivity contribution is 6.30. The molecule has 0 saturated heterocycles. The van der Waals surface area contributed by atoms with E-state index < -0.39 is 17.7 Å². The number of anilines is 3. The average molecular weight is 499 g/mol. The van der Waals surface area contributed by atoms with E-state index >= 15 is 0 Å². The molecule has 1 aromatic carbocycles. The van der Waals surface area contributed by atoms with Gasteiger partial charge in [0.25, 0.3) is 0 Å². The van der Waals surface area contributed by atoms with Gasteiger partial charge in [-0.2, -0.15) is 5.26 Å². The van der Waals surface area contributed by atoms with E-state index in [1.54, 1.807) is 33.3 Å². The van der Waals surface area contributed by atoms with Crippen LogP contribution in [0.1, 0.15) is 38.9 Å². The van der Waals surface area contributed by atoms with Crippen LogP contribution in [-0.4, -0.2) is 47.4 Å². The summed E-state index contributed by atoms with van der Waals surface area (Å²) in [7, 11) is 5.28. The predicted octanol–water partition coefficient (Wildman–Crippen LogP) is 5.34. The second-order valence-electron chi connectivity index (χ2n) is 8.94. The zero-order chi connectivity index (χ0) is 25.9. The number of nitriles is 1. The fourth-order valence-electron chi connectivity index (χ4n) is 4.21. The Hall–Kier alpha value is -3.48. The van der Waals surface area contributed by atoms with Crippen LogP contribution in [-0.2, 0) is 16.1 Å². The van der Waals surface area contributed by atoms with Gasteiger partial charge in [0.1, 0.15) is 17.3 Å². The lowest BCUT2D eigenvalue weighted by Gasteiger charge is -2.28. The van der Waals surface area contributed by atoms with Gasteiger partial charge in [0, 0.05) is 43.8 Å². The maximum atomic E-state index is 12.6. The van der Waals surface area contributed by atoms with Crippen LogP contribution in [0.15, 0.2) is 24.3 Å². The molecule has 3 rings (SSSR count). The third-order valence-corrected chi connectivity index (χ3v) is 5.74. The molecule has 3 aromatic rings. The molecule has 0 radical (unpaired) electrons. The molecule has 0 unspecified atom stereocenters. The molecule has 9 nitrogen and oxygen atoms in total. The van der Waals surface area contributed by atoms with Crippen LogP contribution in [0.2, 0.25) is 5.02 Å². The van der Waals surface area contributed by atoms with Crippen molar-refractivity contribution in [2.45, 2.75) is 45.4 Å². The van der Waals surface area contributed by atoms with Crippen molar-refractivity contribution in [2.75, 3.05) is 37.1 Å². The highest BCUT2D eigenvalue weighted by Gasteiger charge is 2.35. The maximum absolute atomic E-state index is 12.6. The van der Waals surface area contributed by atoms with Gasteiger partial charge in [-0.1, -0.05) is 23.7 Å². The molecule has 0 fully saturated rings. The normalized spacial score (nSPS) is 12.3. The molecule has 2 heterocycles. The van der Waals surface area contributed by atoms with Crippen LogP contribution in [0.5, 0.6) is 0 Å². The number of aryl methyl sites for hydroxylation is 1. The quantitative estimate of drug-likeness (QED) is 0.312. The Morgan fingerprint density at radius 2 is 1.86 bits per heavy atom. The first kappa shape index (κ1) is 26.1. The summed E-state index contributed by atoms with van der Waals surface area (Å²) in [4.78, 5) is 17.4. The standard InChI is InChI=1S/C25H31ClN6O3/c1-25(2,3)35-20(24(33)34)18-16(14-8-10-15(26)11-9-14)17-19(28-4)23(30-6)32(13-7-12-27)22(17)31-21(18)29-5/h8-11,20,28,30H,7,13H2,1-6H3,(H,29,31)(H,33,34)/t20-/m1/s1. The molecule has 0 aliphatic rings. The minimum absolute atomic E-state index is 0.279. The lowest BCUT2D eigenvalue weighted by Crippen LogP contribution is -2.28. The molecule has 0 aliphatic heterocycles. The average Bonchev–Trinajstić information content (AvgIpc) is 3.11. The molecule has 1 atom stereocenters. The van der Waals surface area contributed by atoms with Crippen LogP contribution >= 0.6 is 11.6 Å². The van der Waals surface area contributed by atoms with Crippen molar-refractivity contribution in [3.8, 4) is 17.2 Å². The van der Waals surface area contributed by atoms with Gasteiger partial charge in [-0.15, -0.1) is 0 Å². The van der Waals surface area contributed by atoms with Crippen LogP contribution in [0.4, 0.5) is 17.3 Å². The van der Waals surface area contributed by atoms with E-state index in [0.717, 1.165) is 22.5 Å². The van der Waals surface area contributed by atoms with Crippen LogP contribution in [0, 0.1) is 11.3 Å². The number of ether oxygens (including phenoxy) is 1. The number of nitrogens with one attached hydrogen (secondary N) is 3. The van der Waals surface area contributed by atoms with Crippen molar-refractivity contribution in [1.29, 1.82) is 5.26 Å². The monoisotopic (exact) mass is 498 g/mol. The predicted molar refractivity (Wildman–Crippen MR) is 140 cm³/mol. The number of pyridine rings is 1. The molecule has 0 saturated carbocycles. The summed E-state index contributed by atoms with van der Waals surface area (Å²) in [5.74, 6) is -0.0139. The Kier molecular flexibility index (Phi) is 7.78. The van der Waals surface area contributed by atoms with Gasteiger partial charge in [-0.3, -0.25) is 0 Å². The number of hydrogen-bond acceptors (Lipinski definition) is 7. The number of fused-ring (bicyclic) bond motifs is 1. The molecule has 0 bridgehead atoms. The van der Waals surface area contributed by atoms with Gasteiger partial charge in [-0.05, 0) is 38.5 Å². The SMILES string of the molecule is CNc1nc2c(c(NC)c(NC)n2CCC#N)c(-c2ccc(Cl)cc2)c1[C@@H](OC(C)(C)C)C(=O)O. The van der Waals surface area contributed by atoms with Gasteiger partial charge in [0.2, 0.25) is 0 Å². The topological polar surface area (TPSA) is 124 Å². The van der Waals surface area contributed by atoms with Crippen molar-refractivity contribution in [3.63, 3.8) is 0 Å². The number of benzene rings is 1. The third kappa shape index (κ3) is 5.14. The number of aromatic nitrogens is 2. The second-order valence-corrected chi connectivity index (χ2v) is 9.37. The smallest absolute Gasteiger partial charge is 0.337 e. The van der Waals surface area contributed by atoms with E-state index in [1.165, 1.54) is 0 Å². The van der Waals surface area contributed by atoms with Crippen molar-refractivity contribution < 1.29 is 14.6 Å². The molecule has 0 amide bonds. The summed E-state index contributed by atoms with van der Waals surface area (Å²) < 4.78 is 8.00. The molecule has 35 heavy (non-hydrogen) atoms. The van der Waals surface area contributed by atoms with Gasteiger partial charge >= 0.3 is 5.97 Å². The summed E-state index contributed by atoms with van der Waals surface area (Å²) in [6, 6.07) is 9.40. The van der Waals surface area contributed by atoms with Crippen molar-refractivity contribution in [1.82, 2.24) is 9.55 Å². The van der Waals surface area contributed by atoms with Crippen molar-refractivity contribution in [3.05, 3.63) is 34.9 Å². The Morgan fingerprint density at radius 3 is 2.34 bits per heavy atom. The van der Waals surface area contributed by atoms with Crippen LogP contribution in [0.25, 0.3) is 22.2 Å². The van der Waals surface area contributed by atoms with E-state index in [2.05, 4.69) is 22.0 Å². The lowest BCUT2D eigenvalue weighted by atomic mass is 9.93. The van der Waals surface area contributed by atoms with Gasteiger partial charge in [0.15, 0.2) is 6.10 Å². The van der Waals surface area contributed by atoms with E-state index in [0.29, 0.717) is 34.2 Å². The summed E-state index contributed by atoms with van der Waals surface area (Å²) in [6.07, 6.45) is -1.02. The number of carboxylic acid groups (broad SMARTS) is 1. The van der Waals surface area contributed by atoms with Gasteiger partial charge < -0.3 is 30.4 Å². The summed E-state index contributed by atoms with van der Waals surface area (Å²) in [5.41, 5.74) is 2.42. The molecule has 0 aliphatic carbocycles. The molecule has 0 spiro atoms. The Balaban J connectivity index is 2.57. The van der Waals surface area contributed by atoms with E-state index in [-0.39, 0.29) is 6.42 Å². The number of hydrogen-bond donors (Lipinski definition) is 4. The van der Waals surface area contributed by atoms with E-state index in [4.69, 9.17) is 21.3 Å². The minimum atomic E-state index is -1.30. The number of carboxylic acids is 1.